The van der Waals surface area contributed by atoms with Crippen LogP contribution in [0.15, 0.2) is 6.07 Å². The van der Waals surface area contributed by atoms with E-state index in [0.717, 1.165) is 0 Å². The van der Waals surface area contributed by atoms with Gasteiger partial charge in [0.2, 0.25) is 0 Å². The molecule has 0 aliphatic rings. The molecule has 7 heteroatoms. The molecule has 0 fully saturated rings. The molecular weight excluding hydrogens is 265 g/mol. The van der Waals surface area contributed by atoms with Crippen molar-refractivity contribution >= 4 is 28.9 Å². The minimum atomic E-state index is -0.894. The maximum absolute atomic E-state index is 10.0. The van der Waals surface area contributed by atoms with E-state index in [4.69, 9.17) is 27.9 Å². The molecule has 5 nitrogen and oxygen atoms in total. The average Bonchev–Trinajstić information content (AvgIpc) is 2.28. The highest BCUT2D eigenvalue weighted by Crippen LogP contribution is 2.22. The number of methoxy groups -OCH3 is 1. The lowest BCUT2D eigenvalue weighted by atomic mass is 10.0. The summed E-state index contributed by atoms with van der Waals surface area (Å²) in [5.74, 6) is 0. The van der Waals surface area contributed by atoms with Crippen molar-refractivity contribution in [3.8, 4) is 0 Å². The lowest BCUT2D eigenvalue weighted by Crippen LogP contribution is -2.34. The van der Waals surface area contributed by atoms with E-state index in [9.17, 15) is 5.11 Å². The molecule has 1 aromatic rings. The van der Waals surface area contributed by atoms with E-state index < -0.39 is 5.60 Å². The van der Waals surface area contributed by atoms with Gasteiger partial charge >= 0.3 is 0 Å². The van der Waals surface area contributed by atoms with Gasteiger partial charge < -0.3 is 15.2 Å². The zero-order valence-electron chi connectivity index (χ0n) is 9.70. The molecular formula is C10H15Cl2N3O2. The normalized spacial score (nSPS) is 14.4. The fourth-order valence-electron chi connectivity index (χ4n) is 1.17. The third kappa shape index (κ3) is 5.04. The topological polar surface area (TPSA) is 67.3 Å². The van der Waals surface area contributed by atoms with Crippen LogP contribution in [0.2, 0.25) is 10.3 Å². The third-order valence-electron chi connectivity index (χ3n) is 2.22. The van der Waals surface area contributed by atoms with Crippen molar-refractivity contribution in [2.75, 3.05) is 25.6 Å². The van der Waals surface area contributed by atoms with Gasteiger partial charge in [-0.3, -0.25) is 0 Å². The molecule has 1 heterocycles. The Balaban J connectivity index is 2.57. The lowest BCUT2D eigenvalue weighted by Gasteiger charge is -2.23. The van der Waals surface area contributed by atoms with Gasteiger partial charge in [0.25, 0.3) is 0 Å². The summed E-state index contributed by atoms with van der Waals surface area (Å²) < 4.78 is 4.92. The first-order valence-electron chi connectivity index (χ1n) is 5.08. The first-order valence-corrected chi connectivity index (χ1v) is 5.84. The van der Waals surface area contributed by atoms with Gasteiger partial charge in [0.05, 0.1) is 11.3 Å². The van der Waals surface area contributed by atoms with E-state index in [2.05, 4.69) is 15.5 Å². The number of nitrogens with one attached hydrogen (secondary N) is 1. The molecule has 1 atom stereocenters. The summed E-state index contributed by atoms with van der Waals surface area (Å²) in [4.78, 5) is 0. The third-order valence-corrected chi connectivity index (χ3v) is 2.69. The highest BCUT2D eigenvalue weighted by molar-refractivity contribution is 6.33. The Kier molecular flexibility index (Phi) is 5.39. The van der Waals surface area contributed by atoms with Crippen LogP contribution < -0.4 is 5.32 Å². The minimum Gasteiger partial charge on any atom is -0.388 e. The Hall–Kier alpha value is -0.620. The van der Waals surface area contributed by atoms with Crippen LogP contribution in [0.4, 0.5) is 5.69 Å². The summed E-state index contributed by atoms with van der Waals surface area (Å²) >= 11 is 11.5. The van der Waals surface area contributed by atoms with Crippen LogP contribution in [-0.2, 0) is 4.74 Å². The quantitative estimate of drug-likeness (QED) is 0.834. The number of hydrogen-bond acceptors (Lipinski definition) is 5. The van der Waals surface area contributed by atoms with Crippen molar-refractivity contribution in [3.05, 3.63) is 16.4 Å². The Labute approximate surface area is 110 Å². The van der Waals surface area contributed by atoms with Gasteiger partial charge in [0.1, 0.15) is 0 Å². The van der Waals surface area contributed by atoms with Gasteiger partial charge in [-0.2, -0.15) is 0 Å². The molecule has 0 radical (unpaired) electrons. The predicted molar refractivity (Wildman–Crippen MR) is 67.7 cm³/mol. The summed E-state index contributed by atoms with van der Waals surface area (Å²) in [6.45, 7) is 2.51. The highest BCUT2D eigenvalue weighted by Gasteiger charge is 2.20. The predicted octanol–water partition coefficient (Wildman–Crippen LogP) is 1.98. The summed E-state index contributed by atoms with van der Waals surface area (Å²) in [6, 6.07) is 1.56. The maximum atomic E-state index is 10.0. The molecule has 0 saturated carbocycles. The van der Waals surface area contributed by atoms with Crippen molar-refractivity contribution < 1.29 is 9.84 Å². The molecule has 1 aromatic heterocycles. The van der Waals surface area contributed by atoms with E-state index in [1.165, 1.54) is 0 Å². The van der Waals surface area contributed by atoms with Crippen LogP contribution in [0.3, 0.4) is 0 Å². The fraction of sp³-hybridized carbons (Fsp3) is 0.600. The average molecular weight is 280 g/mol. The molecule has 17 heavy (non-hydrogen) atoms. The monoisotopic (exact) mass is 279 g/mol. The summed E-state index contributed by atoms with van der Waals surface area (Å²) in [6.07, 6.45) is 0.514. The van der Waals surface area contributed by atoms with Crippen LogP contribution in [-0.4, -0.2) is 41.2 Å². The zero-order chi connectivity index (χ0) is 12.9. The standard InChI is InChI=1S/C10H15Cl2N3O2/c1-10(16,3-4-17-2)6-13-7-5-8(11)14-15-9(7)12/h5,16H,3-4,6H2,1-2H3,(H,13,14). The Morgan fingerprint density at radius 1 is 1.47 bits per heavy atom. The second-order valence-electron chi connectivity index (χ2n) is 3.96. The minimum absolute atomic E-state index is 0.219. The Morgan fingerprint density at radius 2 is 2.18 bits per heavy atom. The molecule has 0 amide bonds. The molecule has 0 saturated heterocycles. The first kappa shape index (κ1) is 14.4. The Morgan fingerprint density at radius 3 is 2.82 bits per heavy atom. The van der Waals surface area contributed by atoms with E-state index in [1.54, 1.807) is 20.1 Å². The van der Waals surface area contributed by atoms with Crippen molar-refractivity contribution in [1.29, 1.82) is 0 Å². The van der Waals surface area contributed by atoms with Gasteiger partial charge in [-0.05, 0) is 6.92 Å². The second-order valence-corrected chi connectivity index (χ2v) is 4.71. The maximum Gasteiger partial charge on any atom is 0.174 e. The number of rotatable bonds is 6. The van der Waals surface area contributed by atoms with Crippen molar-refractivity contribution in [2.45, 2.75) is 18.9 Å². The number of ether oxygens (including phenoxy) is 1. The van der Waals surface area contributed by atoms with Gasteiger partial charge in [-0.1, -0.05) is 23.2 Å². The van der Waals surface area contributed by atoms with E-state index in [0.29, 0.717) is 25.3 Å². The van der Waals surface area contributed by atoms with E-state index >= 15 is 0 Å². The number of aliphatic hydroxyl groups is 1. The molecule has 1 rings (SSSR count). The van der Waals surface area contributed by atoms with Crippen LogP contribution in [0.5, 0.6) is 0 Å². The zero-order valence-corrected chi connectivity index (χ0v) is 11.2. The fourth-order valence-corrected chi connectivity index (χ4v) is 1.48. The molecule has 0 aliphatic carbocycles. The lowest BCUT2D eigenvalue weighted by molar-refractivity contribution is 0.0357. The largest absolute Gasteiger partial charge is 0.388 e. The Bertz CT molecular complexity index is 375. The molecule has 1 unspecified atom stereocenters. The van der Waals surface area contributed by atoms with Crippen molar-refractivity contribution in [1.82, 2.24) is 10.2 Å². The smallest absolute Gasteiger partial charge is 0.174 e. The number of aromatic nitrogens is 2. The summed E-state index contributed by atoms with van der Waals surface area (Å²) in [5, 5.41) is 20.7. The second kappa shape index (κ2) is 6.35. The number of halogens is 2. The number of nitrogens with zero attached hydrogens (tertiary/aromatic N) is 2. The number of hydrogen-bond donors (Lipinski definition) is 2. The summed E-state index contributed by atoms with van der Waals surface area (Å²) in [5.41, 5.74) is -0.348. The van der Waals surface area contributed by atoms with Gasteiger partial charge in [0.15, 0.2) is 10.3 Å². The van der Waals surface area contributed by atoms with Crippen molar-refractivity contribution in [2.24, 2.45) is 0 Å². The van der Waals surface area contributed by atoms with Crippen LogP contribution in [0.25, 0.3) is 0 Å². The van der Waals surface area contributed by atoms with Crippen LogP contribution in [0.1, 0.15) is 13.3 Å². The molecule has 0 aliphatic heterocycles. The number of anilines is 1. The first-order chi connectivity index (χ1) is 7.94. The molecule has 96 valence electrons. The SMILES string of the molecule is COCCC(C)(O)CNc1cc(Cl)nnc1Cl. The molecule has 2 N–H and O–H groups in total. The van der Waals surface area contributed by atoms with Crippen molar-refractivity contribution in [3.63, 3.8) is 0 Å². The summed E-state index contributed by atoms with van der Waals surface area (Å²) in [7, 11) is 1.59. The highest BCUT2D eigenvalue weighted by atomic mass is 35.5. The van der Waals surface area contributed by atoms with E-state index in [-0.39, 0.29) is 10.3 Å². The van der Waals surface area contributed by atoms with Gasteiger partial charge in [-0.15, -0.1) is 10.2 Å². The van der Waals surface area contributed by atoms with E-state index in [1.807, 2.05) is 0 Å². The van der Waals surface area contributed by atoms with Crippen LogP contribution >= 0.6 is 23.2 Å². The van der Waals surface area contributed by atoms with Crippen LogP contribution in [0, 0.1) is 0 Å². The molecule has 0 spiro atoms. The van der Waals surface area contributed by atoms with Gasteiger partial charge in [-0.25, -0.2) is 0 Å². The molecule has 0 bridgehead atoms. The molecule has 0 aromatic carbocycles. The van der Waals surface area contributed by atoms with Gasteiger partial charge in [0, 0.05) is 32.7 Å².